The molecule has 7 heteroatoms. The minimum Gasteiger partial charge on any atom is -0.322 e. The highest BCUT2D eigenvalue weighted by Gasteiger charge is 2.26. The van der Waals surface area contributed by atoms with Gasteiger partial charge >= 0.3 is 0 Å². The third kappa shape index (κ3) is 4.34. The number of carbonyl (C=O) groups excluding carboxylic acids is 2. The molecule has 0 spiro atoms. The zero-order valence-corrected chi connectivity index (χ0v) is 20.6. The summed E-state index contributed by atoms with van der Waals surface area (Å²) in [6.07, 6.45) is 0.824. The van der Waals surface area contributed by atoms with Gasteiger partial charge in [-0.2, -0.15) is 0 Å². The van der Waals surface area contributed by atoms with E-state index in [1.165, 1.54) is 16.5 Å². The van der Waals surface area contributed by atoms with Gasteiger partial charge in [-0.25, -0.2) is 0 Å². The topological polar surface area (TPSA) is 49.4 Å². The molecule has 0 saturated heterocycles. The Kier molecular flexibility index (Phi) is 6.17. The van der Waals surface area contributed by atoms with Crippen LogP contribution in [0.15, 0.2) is 72.1 Å². The molecule has 0 saturated carbocycles. The van der Waals surface area contributed by atoms with Crippen LogP contribution in [0.25, 0.3) is 0 Å². The molecule has 2 heterocycles. The van der Waals surface area contributed by atoms with Gasteiger partial charge in [0.05, 0.1) is 17.1 Å². The molecule has 1 aromatic heterocycles. The molecule has 0 atom stereocenters. The normalized spacial score (nSPS) is 12.5. The minimum absolute atomic E-state index is 0.0670. The second kappa shape index (κ2) is 9.26. The van der Waals surface area contributed by atoms with E-state index in [-0.39, 0.29) is 16.8 Å². The molecule has 170 valence electrons. The average molecular weight is 507 g/mol. The number of nitrogens with one attached hydrogen (secondary N) is 1. The van der Waals surface area contributed by atoms with Crippen LogP contribution in [0.1, 0.15) is 42.3 Å². The Bertz CT molecular complexity index is 1430. The Morgan fingerprint density at radius 1 is 0.941 bits per heavy atom. The Morgan fingerprint density at radius 3 is 2.53 bits per heavy atom. The first kappa shape index (κ1) is 22.7. The Morgan fingerprint density at radius 2 is 1.74 bits per heavy atom. The molecule has 3 aromatic carbocycles. The molecule has 1 N–H and O–H groups in total. The number of carbonyl (C=O) groups is 2. The van der Waals surface area contributed by atoms with E-state index < -0.39 is 0 Å². The Labute approximate surface area is 211 Å². The van der Waals surface area contributed by atoms with Crippen molar-refractivity contribution in [2.75, 3.05) is 10.2 Å². The first-order chi connectivity index (χ1) is 16.4. The maximum absolute atomic E-state index is 13.7. The lowest BCUT2D eigenvalue weighted by Crippen LogP contribution is -2.31. The molecule has 0 fully saturated rings. The second-order valence-electron chi connectivity index (χ2n) is 8.17. The fraction of sp³-hybridized carbons (Fsp3) is 0.111. The summed E-state index contributed by atoms with van der Waals surface area (Å²) in [6.45, 7) is 2.40. The summed E-state index contributed by atoms with van der Waals surface area (Å²) in [7, 11) is 0. The van der Waals surface area contributed by atoms with Crippen LogP contribution in [0.5, 0.6) is 0 Å². The van der Waals surface area contributed by atoms with Gasteiger partial charge in [0.15, 0.2) is 0 Å². The van der Waals surface area contributed by atoms with Crippen LogP contribution in [0.2, 0.25) is 10.0 Å². The van der Waals surface area contributed by atoms with Gasteiger partial charge in [0.1, 0.15) is 0 Å². The number of benzene rings is 3. The summed E-state index contributed by atoms with van der Waals surface area (Å²) in [5.74, 6) is -0.408. The first-order valence-electron chi connectivity index (χ1n) is 10.7. The van der Waals surface area contributed by atoms with Gasteiger partial charge in [-0.15, -0.1) is 11.3 Å². The summed E-state index contributed by atoms with van der Waals surface area (Å²) < 4.78 is 0. The van der Waals surface area contributed by atoms with Crippen molar-refractivity contribution in [2.24, 2.45) is 0 Å². The number of amides is 2. The van der Waals surface area contributed by atoms with Crippen LogP contribution >= 0.6 is 34.5 Å². The molecular weight excluding hydrogens is 487 g/mol. The van der Waals surface area contributed by atoms with Gasteiger partial charge in [-0.05, 0) is 77.5 Å². The summed E-state index contributed by atoms with van der Waals surface area (Å²) in [6, 6.07) is 20.2. The molecule has 0 bridgehead atoms. The maximum atomic E-state index is 13.7. The summed E-state index contributed by atoms with van der Waals surface area (Å²) in [4.78, 5) is 29.5. The number of halogens is 2. The Hall–Kier alpha value is -3.12. The zero-order valence-electron chi connectivity index (χ0n) is 18.3. The van der Waals surface area contributed by atoms with Crippen molar-refractivity contribution in [3.8, 4) is 0 Å². The highest BCUT2D eigenvalue weighted by molar-refractivity contribution is 7.10. The summed E-state index contributed by atoms with van der Waals surface area (Å²) >= 11 is 13.8. The van der Waals surface area contributed by atoms with Crippen molar-refractivity contribution in [2.45, 2.75) is 19.9 Å². The van der Waals surface area contributed by atoms with E-state index in [0.29, 0.717) is 28.4 Å². The number of hydrogen-bond donors (Lipinski definition) is 1. The average Bonchev–Trinajstić information content (AvgIpc) is 3.17. The summed E-state index contributed by atoms with van der Waals surface area (Å²) in [5, 5.41) is 5.67. The quantitative estimate of drug-likeness (QED) is 0.315. The van der Waals surface area contributed by atoms with Gasteiger partial charge < -0.3 is 10.2 Å². The number of thiophene rings is 1. The largest absolute Gasteiger partial charge is 0.322 e. The van der Waals surface area contributed by atoms with Crippen molar-refractivity contribution in [3.05, 3.63) is 115 Å². The number of aryl methyl sites for hydroxylation is 1. The van der Waals surface area contributed by atoms with Gasteiger partial charge in [0.25, 0.3) is 11.8 Å². The SMILES string of the molecule is Cc1cc(NC(=O)c2ccc(Cl)cc2Cl)ccc1C(=O)N1Cc2ccsc2Cc2ccccc21. The molecule has 2 amide bonds. The van der Waals surface area contributed by atoms with Crippen LogP contribution in [-0.4, -0.2) is 11.8 Å². The van der Waals surface area contributed by atoms with E-state index in [1.54, 1.807) is 41.7 Å². The van der Waals surface area contributed by atoms with Crippen LogP contribution in [0, 0.1) is 6.92 Å². The van der Waals surface area contributed by atoms with Crippen molar-refractivity contribution in [3.63, 3.8) is 0 Å². The van der Waals surface area contributed by atoms with Crippen molar-refractivity contribution < 1.29 is 9.59 Å². The predicted octanol–water partition coefficient (Wildman–Crippen LogP) is 7.37. The number of rotatable bonds is 3. The van der Waals surface area contributed by atoms with Crippen LogP contribution in [0.3, 0.4) is 0 Å². The van der Waals surface area contributed by atoms with Gasteiger partial charge in [-0.3, -0.25) is 9.59 Å². The molecule has 4 nitrogen and oxygen atoms in total. The molecule has 0 aliphatic carbocycles. The van der Waals surface area contributed by atoms with Crippen LogP contribution < -0.4 is 10.2 Å². The molecule has 34 heavy (non-hydrogen) atoms. The third-order valence-electron chi connectivity index (χ3n) is 5.94. The second-order valence-corrected chi connectivity index (χ2v) is 10.0. The van der Waals surface area contributed by atoms with E-state index in [4.69, 9.17) is 23.2 Å². The number of fused-ring (bicyclic) bond motifs is 2. The van der Waals surface area contributed by atoms with E-state index in [9.17, 15) is 9.59 Å². The van der Waals surface area contributed by atoms with Crippen molar-refractivity contribution in [1.29, 1.82) is 0 Å². The lowest BCUT2D eigenvalue weighted by Gasteiger charge is -2.24. The van der Waals surface area contributed by atoms with Crippen molar-refractivity contribution in [1.82, 2.24) is 0 Å². The number of para-hydroxylation sites is 1. The predicted molar refractivity (Wildman–Crippen MR) is 140 cm³/mol. The maximum Gasteiger partial charge on any atom is 0.258 e. The Balaban J connectivity index is 1.42. The first-order valence-corrected chi connectivity index (χ1v) is 12.4. The van der Waals surface area contributed by atoms with Gasteiger partial charge in [0, 0.05) is 33.3 Å². The monoisotopic (exact) mass is 506 g/mol. The highest BCUT2D eigenvalue weighted by atomic mass is 35.5. The molecule has 0 radical (unpaired) electrons. The molecule has 1 aliphatic heterocycles. The fourth-order valence-electron chi connectivity index (χ4n) is 4.20. The number of nitrogens with zero attached hydrogens (tertiary/aromatic N) is 1. The molecule has 4 aromatic rings. The minimum atomic E-state index is -0.341. The number of anilines is 2. The highest BCUT2D eigenvalue weighted by Crippen LogP contribution is 2.34. The molecule has 5 rings (SSSR count). The van der Waals surface area contributed by atoms with E-state index in [2.05, 4.69) is 22.8 Å². The summed E-state index contributed by atoms with van der Waals surface area (Å²) in [5.41, 5.74) is 5.53. The molecule has 1 aliphatic rings. The van der Waals surface area contributed by atoms with Gasteiger partial charge in [0.2, 0.25) is 0 Å². The van der Waals surface area contributed by atoms with Crippen molar-refractivity contribution >= 4 is 57.7 Å². The molecule has 0 unspecified atom stereocenters. The van der Waals surface area contributed by atoms with Crippen LogP contribution in [0.4, 0.5) is 11.4 Å². The third-order valence-corrected chi connectivity index (χ3v) is 7.45. The lowest BCUT2D eigenvalue weighted by atomic mass is 10.0. The van der Waals surface area contributed by atoms with Gasteiger partial charge in [-0.1, -0.05) is 41.4 Å². The van der Waals surface area contributed by atoms with E-state index >= 15 is 0 Å². The van der Waals surface area contributed by atoms with E-state index in [0.717, 1.165) is 23.2 Å². The van der Waals surface area contributed by atoms with Crippen LogP contribution in [-0.2, 0) is 13.0 Å². The smallest absolute Gasteiger partial charge is 0.258 e. The molecular formula is C27H20Cl2N2O2S. The fourth-order valence-corrected chi connectivity index (χ4v) is 5.61. The lowest BCUT2D eigenvalue weighted by molar-refractivity contribution is 0.0983. The zero-order chi connectivity index (χ0) is 23.8. The standard InChI is InChI=1S/C27H20Cl2N2O2S/c1-16-12-20(30-26(32)22-8-6-19(28)14-23(22)29)7-9-21(16)27(33)31-15-18-10-11-34-25(18)13-17-4-2-3-5-24(17)31/h2-12,14H,13,15H2,1H3,(H,30,32). The van der Waals surface area contributed by atoms with E-state index in [1.807, 2.05) is 30.0 Å². The number of hydrogen-bond acceptors (Lipinski definition) is 3.